The molecular formula is C11H23NO. The zero-order valence-corrected chi connectivity index (χ0v) is 9.07. The van der Waals surface area contributed by atoms with E-state index in [1.54, 1.807) is 0 Å². The van der Waals surface area contributed by atoms with Crippen molar-refractivity contribution in [3.05, 3.63) is 0 Å². The summed E-state index contributed by atoms with van der Waals surface area (Å²) in [6.45, 7) is 7.40. The van der Waals surface area contributed by atoms with Gasteiger partial charge in [0.2, 0.25) is 0 Å². The smallest absolute Gasteiger partial charge is 0.0778 e. The summed E-state index contributed by atoms with van der Waals surface area (Å²) in [6.07, 6.45) is 6.56. The molecule has 0 amide bonds. The van der Waals surface area contributed by atoms with Crippen molar-refractivity contribution in [2.24, 2.45) is 0 Å². The van der Waals surface area contributed by atoms with Gasteiger partial charge >= 0.3 is 0 Å². The van der Waals surface area contributed by atoms with Crippen LogP contribution in [-0.2, 0) is 4.74 Å². The molecule has 0 spiro atoms. The Bertz CT molecular complexity index is 130. The molecule has 0 aromatic heterocycles. The van der Waals surface area contributed by atoms with Crippen LogP contribution in [0.2, 0.25) is 0 Å². The summed E-state index contributed by atoms with van der Waals surface area (Å²) < 4.78 is 5.78. The third-order valence-corrected chi connectivity index (χ3v) is 2.79. The zero-order chi connectivity index (χ0) is 9.57. The first-order chi connectivity index (χ1) is 6.27. The lowest BCUT2D eigenvalue weighted by Gasteiger charge is -2.34. The van der Waals surface area contributed by atoms with Crippen LogP contribution in [0.5, 0.6) is 0 Å². The van der Waals surface area contributed by atoms with Crippen LogP contribution < -0.4 is 5.32 Å². The van der Waals surface area contributed by atoms with Crippen LogP contribution in [0.1, 0.15) is 46.0 Å². The molecule has 1 unspecified atom stereocenters. The molecule has 1 aliphatic rings. The molecule has 1 rings (SSSR count). The van der Waals surface area contributed by atoms with Gasteiger partial charge in [0.05, 0.1) is 12.2 Å². The largest absolute Gasteiger partial charge is 0.373 e. The summed E-state index contributed by atoms with van der Waals surface area (Å²) >= 11 is 0. The van der Waals surface area contributed by atoms with Crippen molar-refractivity contribution in [3.8, 4) is 0 Å². The Balaban J connectivity index is 2.10. The molecule has 1 aliphatic heterocycles. The highest BCUT2D eigenvalue weighted by Gasteiger charge is 2.26. The van der Waals surface area contributed by atoms with Gasteiger partial charge in [-0.15, -0.1) is 0 Å². The number of hydrogen-bond acceptors (Lipinski definition) is 2. The molecule has 0 aromatic carbocycles. The topological polar surface area (TPSA) is 21.3 Å². The second-order valence-electron chi connectivity index (χ2n) is 4.29. The number of ether oxygens (including phenoxy) is 1. The Morgan fingerprint density at radius 1 is 1.31 bits per heavy atom. The van der Waals surface area contributed by atoms with Crippen molar-refractivity contribution < 1.29 is 4.74 Å². The Hall–Kier alpha value is -0.0800. The average molecular weight is 185 g/mol. The molecule has 1 fully saturated rings. The molecule has 2 heteroatoms. The van der Waals surface area contributed by atoms with Gasteiger partial charge in [-0.1, -0.05) is 32.6 Å². The molecule has 0 aliphatic carbocycles. The van der Waals surface area contributed by atoms with E-state index in [1.165, 1.54) is 32.1 Å². The van der Waals surface area contributed by atoms with Crippen LogP contribution in [0.4, 0.5) is 0 Å². The van der Waals surface area contributed by atoms with Gasteiger partial charge < -0.3 is 10.1 Å². The van der Waals surface area contributed by atoms with Crippen LogP contribution in [0.25, 0.3) is 0 Å². The maximum Gasteiger partial charge on any atom is 0.0778 e. The maximum absolute atomic E-state index is 5.78. The van der Waals surface area contributed by atoms with Gasteiger partial charge in [-0.3, -0.25) is 0 Å². The number of unbranched alkanes of at least 4 members (excludes halogenated alkanes) is 3. The highest BCUT2D eigenvalue weighted by molar-refractivity contribution is 4.81. The number of morpholine rings is 1. The average Bonchev–Trinajstić information content (AvgIpc) is 2.14. The first-order valence-corrected chi connectivity index (χ1v) is 5.61. The summed E-state index contributed by atoms with van der Waals surface area (Å²) in [6, 6.07) is 0. The molecule has 1 atom stereocenters. The summed E-state index contributed by atoms with van der Waals surface area (Å²) in [4.78, 5) is 0. The van der Waals surface area contributed by atoms with E-state index >= 15 is 0 Å². The Labute approximate surface area is 82.0 Å². The van der Waals surface area contributed by atoms with Gasteiger partial charge in [-0.05, 0) is 13.3 Å². The molecule has 1 saturated heterocycles. The van der Waals surface area contributed by atoms with Crippen molar-refractivity contribution in [3.63, 3.8) is 0 Å². The Morgan fingerprint density at radius 2 is 2.15 bits per heavy atom. The summed E-state index contributed by atoms with van der Waals surface area (Å²) in [5.41, 5.74) is 0.117. The Morgan fingerprint density at radius 3 is 2.77 bits per heavy atom. The van der Waals surface area contributed by atoms with E-state index in [0.29, 0.717) is 0 Å². The fourth-order valence-electron chi connectivity index (χ4n) is 1.86. The molecule has 1 heterocycles. The highest BCUT2D eigenvalue weighted by Crippen LogP contribution is 2.20. The van der Waals surface area contributed by atoms with Crippen LogP contribution in [-0.4, -0.2) is 25.3 Å². The zero-order valence-electron chi connectivity index (χ0n) is 9.07. The van der Waals surface area contributed by atoms with Crippen LogP contribution in [0, 0.1) is 0 Å². The minimum atomic E-state index is 0.117. The van der Waals surface area contributed by atoms with Crippen molar-refractivity contribution in [2.45, 2.75) is 51.6 Å². The van der Waals surface area contributed by atoms with E-state index in [4.69, 9.17) is 4.74 Å². The molecule has 0 bridgehead atoms. The first-order valence-electron chi connectivity index (χ1n) is 5.61. The van der Waals surface area contributed by atoms with Gasteiger partial charge in [0, 0.05) is 13.1 Å². The van der Waals surface area contributed by atoms with E-state index in [1.807, 2.05) is 0 Å². The molecule has 78 valence electrons. The summed E-state index contributed by atoms with van der Waals surface area (Å²) in [5.74, 6) is 0. The van der Waals surface area contributed by atoms with Gasteiger partial charge in [0.25, 0.3) is 0 Å². The fraction of sp³-hybridized carbons (Fsp3) is 1.00. The van der Waals surface area contributed by atoms with Gasteiger partial charge in [0.1, 0.15) is 0 Å². The monoisotopic (exact) mass is 185 g/mol. The standard InChI is InChI=1S/C11H23NO/c1-3-4-5-6-7-11(2)10-12-8-9-13-11/h12H,3-10H2,1-2H3. The molecule has 1 N–H and O–H groups in total. The normalized spacial score (nSPS) is 29.1. The lowest BCUT2D eigenvalue weighted by molar-refractivity contribution is -0.0589. The lowest BCUT2D eigenvalue weighted by atomic mass is 9.96. The van der Waals surface area contributed by atoms with Crippen LogP contribution in [0.3, 0.4) is 0 Å². The van der Waals surface area contributed by atoms with E-state index in [2.05, 4.69) is 19.2 Å². The van der Waals surface area contributed by atoms with Gasteiger partial charge in [-0.25, -0.2) is 0 Å². The molecule has 13 heavy (non-hydrogen) atoms. The number of nitrogens with one attached hydrogen (secondary N) is 1. The first kappa shape index (κ1) is 11.0. The van der Waals surface area contributed by atoms with E-state index in [9.17, 15) is 0 Å². The lowest BCUT2D eigenvalue weighted by Crippen LogP contribution is -2.47. The predicted octanol–water partition coefficient (Wildman–Crippen LogP) is 2.34. The van der Waals surface area contributed by atoms with Crippen molar-refractivity contribution in [1.29, 1.82) is 0 Å². The predicted molar refractivity (Wildman–Crippen MR) is 56.0 cm³/mol. The third kappa shape index (κ3) is 4.10. The summed E-state index contributed by atoms with van der Waals surface area (Å²) in [7, 11) is 0. The molecule has 2 nitrogen and oxygen atoms in total. The molecule has 0 radical (unpaired) electrons. The van der Waals surface area contributed by atoms with Crippen molar-refractivity contribution in [2.75, 3.05) is 19.7 Å². The Kier molecular flexibility index (Phi) is 4.74. The number of hydrogen-bond donors (Lipinski definition) is 1. The quantitative estimate of drug-likeness (QED) is 0.664. The van der Waals surface area contributed by atoms with E-state index in [-0.39, 0.29) is 5.60 Å². The van der Waals surface area contributed by atoms with Crippen molar-refractivity contribution >= 4 is 0 Å². The van der Waals surface area contributed by atoms with Crippen LogP contribution >= 0.6 is 0 Å². The van der Waals surface area contributed by atoms with Crippen LogP contribution in [0.15, 0.2) is 0 Å². The van der Waals surface area contributed by atoms with Gasteiger partial charge in [-0.2, -0.15) is 0 Å². The SMILES string of the molecule is CCCCCCC1(C)CNCCO1. The third-order valence-electron chi connectivity index (χ3n) is 2.79. The second-order valence-corrected chi connectivity index (χ2v) is 4.29. The van der Waals surface area contributed by atoms with E-state index in [0.717, 1.165) is 19.7 Å². The minimum Gasteiger partial charge on any atom is -0.373 e. The maximum atomic E-state index is 5.78. The van der Waals surface area contributed by atoms with Gasteiger partial charge in [0.15, 0.2) is 0 Å². The molecular weight excluding hydrogens is 162 g/mol. The fourth-order valence-corrected chi connectivity index (χ4v) is 1.86. The highest BCUT2D eigenvalue weighted by atomic mass is 16.5. The van der Waals surface area contributed by atoms with Crippen molar-refractivity contribution in [1.82, 2.24) is 5.32 Å². The second kappa shape index (κ2) is 5.61. The number of rotatable bonds is 5. The summed E-state index contributed by atoms with van der Waals surface area (Å²) in [5, 5.41) is 3.39. The molecule has 0 saturated carbocycles. The van der Waals surface area contributed by atoms with E-state index < -0.39 is 0 Å². The minimum absolute atomic E-state index is 0.117. The molecule has 0 aromatic rings.